The average Bonchev–Trinajstić information content (AvgIpc) is 3.92. The summed E-state index contributed by atoms with van der Waals surface area (Å²) in [5, 5.41) is 0.470. The first kappa shape index (κ1) is 61.8. The number of rotatable bonds is 27. The summed E-state index contributed by atoms with van der Waals surface area (Å²) < 4.78 is 101. The molecule has 0 aromatic heterocycles. The van der Waals surface area contributed by atoms with Gasteiger partial charge in [-0.3, -0.25) is 14.1 Å². The summed E-state index contributed by atoms with van der Waals surface area (Å²) in [7, 11) is -7.60. The van der Waals surface area contributed by atoms with Crippen molar-refractivity contribution in [2.24, 2.45) is 0 Å². The summed E-state index contributed by atoms with van der Waals surface area (Å²) in [6, 6.07) is 18.1. The van der Waals surface area contributed by atoms with Crippen LogP contribution in [0, 0.1) is 0 Å². The van der Waals surface area contributed by atoms with E-state index in [2.05, 4.69) is 43.9 Å². The van der Waals surface area contributed by atoms with Crippen molar-refractivity contribution in [3.05, 3.63) is 138 Å². The van der Waals surface area contributed by atoms with E-state index in [0.717, 1.165) is 33.5 Å². The monoisotopic (exact) mass is 1120 g/mol. The molecule has 1 unspecified atom stereocenters. The van der Waals surface area contributed by atoms with Gasteiger partial charge in [0.1, 0.15) is 28.2 Å². The number of hydrogen-bond acceptors (Lipinski definition) is 15. The summed E-state index contributed by atoms with van der Waals surface area (Å²) >= 11 is 0. The van der Waals surface area contributed by atoms with Gasteiger partial charge in [-0.1, -0.05) is 72.9 Å². The van der Waals surface area contributed by atoms with Crippen molar-refractivity contribution in [3.8, 4) is 5.75 Å². The molecule has 3 aromatic rings. The van der Waals surface area contributed by atoms with E-state index < -0.39 is 54.1 Å². The quantitative estimate of drug-likeness (QED) is 0.0268. The maximum atomic E-state index is 12.9. The van der Waals surface area contributed by atoms with Gasteiger partial charge in [-0.25, -0.2) is 13.2 Å². The molecule has 1 fully saturated rings. The number of ether oxygens (including phenoxy) is 5. The number of allylic oxidation sites excluding steroid dienone is 10. The Morgan fingerprint density at radius 3 is 2.15 bits per heavy atom. The largest absolute Gasteiger partial charge is 1.00 e. The van der Waals surface area contributed by atoms with Gasteiger partial charge in [-0.05, 0) is 76.0 Å². The van der Waals surface area contributed by atoms with E-state index in [1.54, 1.807) is 29.9 Å². The first-order valence-electron chi connectivity index (χ1n) is 25.5. The van der Waals surface area contributed by atoms with E-state index >= 15 is 0 Å². The zero-order valence-corrected chi connectivity index (χ0v) is 48.7. The van der Waals surface area contributed by atoms with Gasteiger partial charge in [0, 0.05) is 85.5 Å². The topological polar surface area (TPSA) is 228 Å². The number of anilines is 1. The van der Waals surface area contributed by atoms with E-state index in [9.17, 15) is 40.3 Å². The molecule has 1 N–H and O–H groups in total. The number of carbonyl (C=O) groups is 3. The maximum Gasteiger partial charge on any atom is 1.00 e. The van der Waals surface area contributed by atoms with Crippen LogP contribution in [-0.2, 0) is 63.8 Å². The van der Waals surface area contributed by atoms with Crippen LogP contribution in [0.15, 0.2) is 120 Å². The summed E-state index contributed by atoms with van der Waals surface area (Å²) in [6.07, 6.45) is 17.2. The molecule has 1 atom stereocenters. The van der Waals surface area contributed by atoms with E-state index in [4.69, 9.17) is 28.5 Å². The Bertz CT molecular complexity index is 3130. The first-order valence-corrected chi connectivity index (χ1v) is 28.5. The molecule has 2 amide bonds. The van der Waals surface area contributed by atoms with Crippen molar-refractivity contribution >= 4 is 72.0 Å². The number of benzene rings is 3. The standard InChI is InChI=1S/C57H67N3O15S2.Na/c1-41-40-56(2,3)59(27-28-71-31-32-73-34-33-72-30-29-70-5)49-39-51-46(38-45(41)49)43(36-50(74-51)42-16-11-9-12-17-42)18-10-7-6-8-13-19-52-57(4,25-14-20-55(63)75-60-53(61)23-24-54(60)62)47-37-44(77(67,68)69)21-22-48(47)58(52)26-15-35-76(64,65)66;/h6-13,16-19,21-22,36-40H,14-15,20,23-35H2,1-5H3,(H-,64,65,66,67,68,69);/q;+1. The van der Waals surface area contributed by atoms with Gasteiger partial charge >= 0.3 is 35.5 Å². The van der Waals surface area contributed by atoms with E-state index in [1.807, 2.05) is 67.6 Å². The minimum absolute atomic E-state index is 0. The van der Waals surface area contributed by atoms with Crippen molar-refractivity contribution in [2.45, 2.75) is 82.1 Å². The molecular weight excluding hydrogens is 1050 g/mol. The van der Waals surface area contributed by atoms with Gasteiger partial charge < -0.3 is 38.0 Å². The van der Waals surface area contributed by atoms with Gasteiger partial charge in [0.2, 0.25) is 5.69 Å². The zero-order valence-electron chi connectivity index (χ0n) is 45.1. The maximum absolute atomic E-state index is 12.9. The van der Waals surface area contributed by atoms with Crippen LogP contribution in [0.25, 0.3) is 16.9 Å². The van der Waals surface area contributed by atoms with E-state index in [1.165, 1.54) is 18.2 Å². The Labute approximate surface area is 479 Å². The predicted molar refractivity (Wildman–Crippen MR) is 290 cm³/mol. The van der Waals surface area contributed by atoms with Crippen molar-refractivity contribution in [2.75, 3.05) is 77.1 Å². The molecule has 21 heteroatoms. The van der Waals surface area contributed by atoms with Gasteiger partial charge in [-0.15, -0.1) is 5.06 Å². The molecule has 3 aromatic carbocycles. The number of nitrogens with zero attached hydrogens (tertiary/aromatic N) is 3. The number of amides is 2. The minimum Gasteiger partial charge on any atom is -0.744 e. The molecule has 0 radical (unpaired) electrons. The number of hydroxylamine groups is 2. The second kappa shape index (κ2) is 27.7. The summed E-state index contributed by atoms with van der Waals surface area (Å²) in [6.45, 7) is 12.4. The Balaban J connectivity index is 0.00000984. The molecule has 7 rings (SSSR count). The fourth-order valence-corrected chi connectivity index (χ4v) is 10.9. The number of carbonyl (C=O) groups excluding carboxylic acids is 3. The third kappa shape index (κ3) is 15.9. The first-order chi connectivity index (χ1) is 36.7. The zero-order chi connectivity index (χ0) is 55.4. The Morgan fingerprint density at radius 1 is 0.833 bits per heavy atom. The van der Waals surface area contributed by atoms with Gasteiger partial charge in [0.15, 0.2) is 5.71 Å². The van der Waals surface area contributed by atoms with Crippen LogP contribution in [-0.4, -0.2) is 137 Å². The molecule has 412 valence electrons. The van der Waals surface area contributed by atoms with Crippen molar-refractivity contribution < 1.29 is 103 Å². The third-order valence-corrected chi connectivity index (χ3v) is 15.2. The predicted octanol–water partition coefficient (Wildman–Crippen LogP) is 4.89. The number of methoxy groups -OCH3 is 1. The smallest absolute Gasteiger partial charge is 0.744 e. The molecule has 0 bridgehead atoms. The van der Waals surface area contributed by atoms with Crippen LogP contribution in [0.2, 0.25) is 0 Å². The van der Waals surface area contributed by atoms with Gasteiger partial charge in [0.25, 0.3) is 21.9 Å². The number of fused-ring (bicyclic) bond motifs is 3. The van der Waals surface area contributed by atoms with Crippen LogP contribution in [0.5, 0.6) is 5.75 Å². The second-order valence-corrected chi connectivity index (χ2v) is 22.5. The van der Waals surface area contributed by atoms with E-state index in [-0.39, 0.29) is 80.2 Å². The van der Waals surface area contributed by atoms with Crippen LogP contribution in [0.3, 0.4) is 0 Å². The van der Waals surface area contributed by atoms with Gasteiger partial charge in [0.05, 0.1) is 67.9 Å². The molecule has 4 aliphatic heterocycles. The fraction of sp³-hybridized carbons (Fsp3) is 0.404. The normalized spacial score (nSPS) is 18.6. The second-order valence-electron chi connectivity index (χ2n) is 19.6. The molecule has 0 saturated carbocycles. The van der Waals surface area contributed by atoms with Gasteiger partial charge in [-0.2, -0.15) is 13.0 Å². The number of hydrogen-bond donors (Lipinski definition) is 1. The summed E-state index contributed by atoms with van der Waals surface area (Å²) in [4.78, 5) is 44.0. The van der Waals surface area contributed by atoms with E-state index in [0.29, 0.717) is 86.3 Å². The molecule has 0 spiro atoms. The minimum atomic E-state index is -4.90. The molecular formula is C57H67N3NaO15S2+. The van der Waals surface area contributed by atoms with Crippen LogP contribution < -0.4 is 39.2 Å². The summed E-state index contributed by atoms with van der Waals surface area (Å²) in [5.74, 6) is -1.22. The Morgan fingerprint density at radius 2 is 1.49 bits per heavy atom. The van der Waals surface area contributed by atoms with Crippen molar-refractivity contribution in [3.63, 3.8) is 0 Å². The fourth-order valence-electron chi connectivity index (χ4n) is 9.90. The molecule has 4 heterocycles. The van der Waals surface area contributed by atoms with Crippen LogP contribution >= 0.6 is 0 Å². The number of imide groups is 1. The average molecular weight is 1120 g/mol. The Kier molecular flexibility index (Phi) is 21.9. The van der Waals surface area contributed by atoms with Crippen LogP contribution in [0.1, 0.15) is 88.5 Å². The van der Waals surface area contributed by atoms with Crippen LogP contribution in [0.4, 0.5) is 11.4 Å². The molecule has 78 heavy (non-hydrogen) atoms. The molecule has 18 nitrogen and oxygen atoms in total. The van der Waals surface area contributed by atoms with Crippen molar-refractivity contribution in [1.29, 1.82) is 0 Å². The molecule has 1 saturated heterocycles. The third-order valence-electron chi connectivity index (χ3n) is 13.6. The van der Waals surface area contributed by atoms with Crippen molar-refractivity contribution in [1.82, 2.24) is 5.06 Å². The molecule has 0 aliphatic carbocycles. The molecule has 4 aliphatic rings. The SMILES string of the molecule is COCCOCCOCCOCCN1c2cc3c(cc2C(C)=CC1(C)C)C(=CC=CC=CC=CC1=[N+](CCCS(=O)(=O)O)c2ccc(S(=O)(=O)[O-])cc2C1(C)CCCC(=O)ON1C(=O)CCC1=O)C=C(c1ccccc1)O3.[Na+]. The summed E-state index contributed by atoms with van der Waals surface area (Å²) in [5.41, 5.74) is 6.15. The Hall–Kier alpha value is -5.36.